The van der Waals surface area contributed by atoms with Crippen LogP contribution in [-0.2, 0) is 6.42 Å². The Hall–Kier alpha value is -1.80. The molecule has 2 unspecified atom stereocenters. The second-order valence-corrected chi connectivity index (χ2v) is 5.50. The second kappa shape index (κ2) is 7.28. The van der Waals surface area contributed by atoms with Crippen molar-refractivity contribution in [1.82, 2.24) is 5.32 Å². The normalized spacial score (nSPS) is 13.7. The molecular weight excluding hydrogens is 258 g/mol. The molecule has 21 heavy (non-hydrogen) atoms. The maximum atomic E-state index is 6.09. The molecule has 0 saturated heterocycles. The highest BCUT2D eigenvalue weighted by Gasteiger charge is 2.19. The molecule has 0 fully saturated rings. The van der Waals surface area contributed by atoms with E-state index in [4.69, 9.17) is 4.74 Å². The minimum atomic E-state index is 0.0604. The average Bonchev–Trinajstić information content (AvgIpc) is 2.50. The Morgan fingerprint density at radius 1 is 1.00 bits per heavy atom. The van der Waals surface area contributed by atoms with E-state index in [0.29, 0.717) is 0 Å². The fourth-order valence-corrected chi connectivity index (χ4v) is 2.53. The number of likely N-dealkylation sites (N-methyl/N-ethyl adjacent to an activating group) is 1. The van der Waals surface area contributed by atoms with Crippen LogP contribution in [0.15, 0.2) is 48.5 Å². The van der Waals surface area contributed by atoms with Crippen LogP contribution in [0.1, 0.15) is 36.6 Å². The molecule has 0 amide bonds. The summed E-state index contributed by atoms with van der Waals surface area (Å²) >= 11 is 0. The van der Waals surface area contributed by atoms with E-state index in [2.05, 4.69) is 74.6 Å². The molecule has 0 aliphatic carbocycles. The van der Waals surface area contributed by atoms with E-state index in [1.165, 1.54) is 16.7 Å². The fourth-order valence-electron chi connectivity index (χ4n) is 2.53. The highest BCUT2D eigenvalue weighted by molar-refractivity contribution is 5.29. The van der Waals surface area contributed by atoms with Crippen LogP contribution in [0.2, 0.25) is 0 Å². The highest BCUT2D eigenvalue weighted by atomic mass is 16.5. The molecule has 0 spiro atoms. The van der Waals surface area contributed by atoms with Gasteiger partial charge < -0.3 is 10.1 Å². The number of nitrogens with one attached hydrogen (secondary N) is 1. The average molecular weight is 283 g/mol. The standard InChI is InChI=1S/C19H25NO/c1-5-16-8-12-18(13-9-16)21-15(3)19(20-4)17-10-6-14(2)7-11-17/h6-13,15,19-20H,5H2,1-4H3. The Labute approximate surface area is 128 Å². The smallest absolute Gasteiger partial charge is 0.119 e. The van der Waals surface area contributed by atoms with Crippen molar-refractivity contribution in [3.05, 3.63) is 65.2 Å². The number of benzene rings is 2. The molecule has 0 heterocycles. The van der Waals surface area contributed by atoms with Crippen LogP contribution >= 0.6 is 0 Å². The summed E-state index contributed by atoms with van der Waals surface area (Å²) in [6.45, 7) is 6.37. The number of hydrogen-bond donors (Lipinski definition) is 1. The number of hydrogen-bond acceptors (Lipinski definition) is 2. The third-order valence-corrected chi connectivity index (χ3v) is 3.87. The Morgan fingerprint density at radius 2 is 1.62 bits per heavy atom. The predicted molar refractivity (Wildman–Crippen MR) is 88.9 cm³/mol. The van der Waals surface area contributed by atoms with E-state index in [1.54, 1.807) is 0 Å². The summed E-state index contributed by atoms with van der Waals surface area (Å²) < 4.78 is 6.09. The fraction of sp³-hybridized carbons (Fsp3) is 0.368. The molecule has 2 nitrogen and oxygen atoms in total. The van der Waals surface area contributed by atoms with Crippen LogP contribution in [0.3, 0.4) is 0 Å². The molecule has 1 N–H and O–H groups in total. The topological polar surface area (TPSA) is 21.3 Å². The maximum Gasteiger partial charge on any atom is 0.119 e. The van der Waals surface area contributed by atoms with Crippen molar-refractivity contribution in [2.45, 2.75) is 39.3 Å². The van der Waals surface area contributed by atoms with Crippen LogP contribution in [0.4, 0.5) is 0 Å². The molecule has 0 aliphatic heterocycles. The van der Waals surface area contributed by atoms with Crippen molar-refractivity contribution in [2.24, 2.45) is 0 Å². The summed E-state index contributed by atoms with van der Waals surface area (Å²) in [4.78, 5) is 0. The zero-order valence-corrected chi connectivity index (χ0v) is 13.4. The summed E-state index contributed by atoms with van der Waals surface area (Å²) in [7, 11) is 1.98. The molecule has 2 atom stereocenters. The summed E-state index contributed by atoms with van der Waals surface area (Å²) in [6.07, 6.45) is 1.11. The minimum absolute atomic E-state index is 0.0604. The summed E-state index contributed by atoms with van der Waals surface area (Å²) in [6, 6.07) is 17.1. The van der Waals surface area contributed by atoms with Crippen LogP contribution in [0, 0.1) is 6.92 Å². The zero-order chi connectivity index (χ0) is 15.2. The van der Waals surface area contributed by atoms with Gasteiger partial charge in [-0.25, -0.2) is 0 Å². The number of rotatable bonds is 6. The van der Waals surface area contributed by atoms with Crippen LogP contribution in [-0.4, -0.2) is 13.2 Å². The van der Waals surface area contributed by atoms with Crippen molar-refractivity contribution >= 4 is 0 Å². The van der Waals surface area contributed by atoms with Gasteiger partial charge in [0.15, 0.2) is 0 Å². The molecule has 112 valence electrons. The SMILES string of the molecule is CCc1ccc(OC(C)C(NC)c2ccc(C)cc2)cc1. The molecule has 0 aliphatic rings. The van der Waals surface area contributed by atoms with Crippen LogP contribution in [0.25, 0.3) is 0 Å². The van der Waals surface area contributed by atoms with Crippen molar-refractivity contribution in [3.8, 4) is 5.75 Å². The van der Waals surface area contributed by atoms with Gasteiger partial charge in [0.25, 0.3) is 0 Å². The van der Waals surface area contributed by atoms with Gasteiger partial charge in [0.2, 0.25) is 0 Å². The lowest BCUT2D eigenvalue weighted by atomic mass is 10.0. The van der Waals surface area contributed by atoms with E-state index >= 15 is 0 Å². The summed E-state index contributed by atoms with van der Waals surface area (Å²) in [5.41, 5.74) is 3.86. The van der Waals surface area contributed by atoms with Gasteiger partial charge in [0.1, 0.15) is 11.9 Å². The third kappa shape index (κ3) is 4.08. The molecule has 0 aromatic heterocycles. The van der Waals surface area contributed by atoms with E-state index in [0.717, 1.165) is 12.2 Å². The third-order valence-electron chi connectivity index (χ3n) is 3.87. The summed E-state index contributed by atoms with van der Waals surface area (Å²) in [5.74, 6) is 0.923. The van der Waals surface area contributed by atoms with Gasteiger partial charge in [-0.15, -0.1) is 0 Å². The Balaban J connectivity index is 2.08. The first-order chi connectivity index (χ1) is 10.1. The van der Waals surface area contributed by atoms with Gasteiger partial charge in [0, 0.05) is 0 Å². The van der Waals surface area contributed by atoms with Crippen LogP contribution in [0.5, 0.6) is 5.75 Å². The Morgan fingerprint density at radius 3 is 2.14 bits per heavy atom. The molecular formula is C19H25NO. The monoisotopic (exact) mass is 283 g/mol. The molecule has 0 saturated carbocycles. The highest BCUT2D eigenvalue weighted by Crippen LogP contribution is 2.22. The number of ether oxygens (including phenoxy) is 1. The lowest BCUT2D eigenvalue weighted by Gasteiger charge is -2.25. The first-order valence-electron chi connectivity index (χ1n) is 7.63. The minimum Gasteiger partial charge on any atom is -0.489 e. The van der Waals surface area contributed by atoms with Gasteiger partial charge in [-0.1, -0.05) is 48.9 Å². The predicted octanol–water partition coefficient (Wildman–Crippen LogP) is 4.29. The zero-order valence-electron chi connectivity index (χ0n) is 13.4. The van der Waals surface area contributed by atoms with Gasteiger partial charge >= 0.3 is 0 Å². The van der Waals surface area contributed by atoms with Crippen molar-refractivity contribution < 1.29 is 4.74 Å². The van der Waals surface area contributed by atoms with Gasteiger partial charge in [-0.3, -0.25) is 0 Å². The first kappa shape index (κ1) is 15.6. The molecule has 2 aromatic rings. The maximum absolute atomic E-state index is 6.09. The van der Waals surface area contributed by atoms with Crippen molar-refractivity contribution in [2.75, 3.05) is 7.05 Å². The lowest BCUT2D eigenvalue weighted by Crippen LogP contribution is -2.31. The van der Waals surface area contributed by atoms with Gasteiger partial charge in [-0.2, -0.15) is 0 Å². The van der Waals surface area contributed by atoms with Gasteiger partial charge in [0.05, 0.1) is 6.04 Å². The van der Waals surface area contributed by atoms with E-state index in [9.17, 15) is 0 Å². The molecule has 2 rings (SSSR count). The molecule has 0 bridgehead atoms. The van der Waals surface area contributed by atoms with E-state index < -0.39 is 0 Å². The largest absolute Gasteiger partial charge is 0.489 e. The number of aryl methyl sites for hydroxylation is 2. The van der Waals surface area contributed by atoms with E-state index in [1.807, 2.05) is 7.05 Å². The van der Waals surface area contributed by atoms with Crippen molar-refractivity contribution in [1.29, 1.82) is 0 Å². The molecule has 0 radical (unpaired) electrons. The second-order valence-electron chi connectivity index (χ2n) is 5.50. The lowest BCUT2D eigenvalue weighted by molar-refractivity contribution is 0.175. The summed E-state index contributed by atoms with van der Waals surface area (Å²) in [5, 5.41) is 3.36. The van der Waals surface area contributed by atoms with Crippen molar-refractivity contribution in [3.63, 3.8) is 0 Å². The van der Waals surface area contributed by atoms with Gasteiger partial charge in [-0.05, 0) is 50.6 Å². The quantitative estimate of drug-likeness (QED) is 0.854. The molecule has 2 heteroatoms. The first-order valence-corrected chi connectivity index (χ1v) is 7.63. The van der Waals surface area contributed by atoms with Crippen LogP contribution < -0.4 is 10.1 Å². The van der Waals surface area contributed by atoms with E-state index in [-0.39, 0.29) is 12.1 Å². The Bertz CT molecular complexity index is 545. The Kier molecular flexibility index (Phi) is 5.40. The molecule has 2 aromatic carbocycles.